The molecule has 176 valence electrons. The van der Waals surface area contributed by atoms with E-state index in [9.17, 15) is 5.11 Å². The topological polar surface area (TPSA) is 78.2 Å². The third kappa shape index (κ3) is 6.10. The first kappa shape index (κ1) is 24.7. The summed E-state index contributed by atoms with van der Waals surface area (Å²) in [5.41, 5.74) is 2.77. The van der Waals surface area contributed by atoms with Gasteiger partial charge in [0.1, 0.15) is 11.5 Å². The zero-order valence-electron chi connectivity index (χ0n) is 19.0. The molecule has 0 spiro atoms. The number of benzene rings is 2. The number of piperazine rings is 1. The van der Waals surface area contributed by atoms with E-state index in [1.165, 1.54) is 0 Å². The van der Waals surface area contributed by atoms with Crippen LogP contribution in [0.25, 0.3) is 5.69 Å². The minimum Gasteiger partial charge on any atom is -0.506 e. The summed E-state index contributed by atoms with van der Waals surface area (Å²) < 4.78 is 7.07. The highest BCUT2D eigenvalue weighted by Crippen LogP contribution is 2.27. The Bertz CT molecular complexity index is 1050. The molecule has 1 aliphatic rings. The van der Waals surface area contributed by atoms with Gasteiger partial charge in [-0.25, -0.2) is 9.67 Å². The number of methoxy groups -OCH3 is 1. The van der Waals surface area contributed by atoms with Gasteiger partial charge in [-0.15, -0.1) is 24.0 Å². The number of ether oxygens (including phenoxy) is 1. The molecule has 0 saturated carbocycles. The number of guanidine groups is 1. The zero-order valence-corrected chi connectivity index (χ0v) is 21.3. The number of phenols is 1. The van der Waals surface area contributed by atoms with Crippen LogP contribution in [-0.4, -0.2) is 65.6 Å². The first-order valence-corrected chi connectivity index (χ1v) is 10.9. The van der Waals surface area contributed by atoms with E-state index >= 15 is 0 Å². The number of hydrogen-bond acceptors (Lipinski definition) is 5. The summed E-state index contributed by atoms with van der Waals surface area (Å²) in [7, 11) is 1.66. The Labute approximate surface area is 211 Å². The van der Waals surface area contributed by atoms with Crippen LogP contribution in [0.2, 0.25) is 0 Å². The Morgan fingerprint density at radius 3 is 2.45 bits per heavy atom. The number of anilines is 1. The molecule has 0 amide bonds. The average molecular weight is 562 g/mol. The largest absolute Gasteiger partial charge is 0.506 e. The van der Waals surface area contributed by atoms with Gasteiger partial charge >= 0.3 is 0 Å². The molecule has 4 rings (SSSR count). The summed E-state index contributed by atoms with van der Waals surface area (Å²) in [6.07, 6.45) is 1.95. The lowest BCUT2D eigenvalue weighted by molar-refractivity contribution is 0.369. The Hall–Kier alpha value is -2.95. The predicted octanol–water partition coefficient (Wildman–Crippen LogP) is 3.49. The first-order chi connectivity index (χ1) is 15.7. The summed E-state index contributed by atoms with van der Waals surface area (Å²) >= 11 is 0. The van der Waals surface area contributed by atoms with E-state index in [0.29, 0.717) is 12.3 Å². The number of nitrogens with one attached hydrogen (secondary N) is 1. The van der Waals surface area contributed by atoms with Crippen molar-refractivity contribution >= 4 is 35.6 Å². The summed E-state index contributed by atoms with van der Waals surface area (Å²) in [6, 6.07) is 17.3. The van der Waals surface area contributed by atoms with Gasteiger partial charge in [-0.05, 0) is 49.4 Å². The van der Waals surface area contributed by atoms with Crippen LogP contribution < -0.4 is 15.0 Å². The fraction of sp³-hybridized carbons (Fsp3) is 0.333. The van der Waals surface area contributed by atoms with Crippen LogP contribution in [0.3, 0.4) is 0 Å². The van der Waals surface area contributed by atoms with E-state index < -0.39 is 0 Å². The molecule has 0 unspecified atom stereocenters. The molecule has 0 bridgehead atoms. The molecule has 1 aromatic heterocycles. The molecule has 2 heterocycles. The molecule has 2 N–H and O–H groups in total. The molecule has 0 aliphatic carbocycles. The molecular weight excluding hydrogens is 531 g/mol. The van der Waals surface area contributed by atoms with Gasteiger partial charge in [0.2, 0.25) is 0 Å². The van der Waals surface area contributed by atoms with Crippen molar-refractivity contribution in [1.29, 1.82) is 0 Å². The smallest absolute Gasteiger partial charge is 0.194 e. The van der Waals surface area contributed by atoms with Gasteiger partial charge in [-0.2, -0.15) is 5.10 Å². The first-order valence-electron chi connectivity index (χ1n) is 10.9. The van der Waals surface area contributed by atoms with Crippen molar-refractivity contribution in [2.45, 2.75) is 13.5 Å². The normalized spacial score (nSPS) is 14.1. The van der Waals surface area contributed by atoms with Crippen LogP contribution in [0.15, 0.2) is 65.8 Å². The Morgan fingerprint density at radius 1 is 1.06 bits per heavy atom. The quantitative estimate of drug-likeness (QED) is 0.272. The van der Waals surface area contributed by atoms with Gasteiger partial charge in [0, 0.05) is 38.9 Å². The maximum absolute atomic E-state index is 10.1. The van der Waals surface area contributed by atoms with Gasteiger partial charge in [-0.3, -0.25) is 0 Å². The van der Waals surface area contributed by atoms with Crippen LogP contribution in [-0.2, 0) is 6.54 Å². The number of aromatic hydroxyl groups is 1. The maximum atomic E-state index is 10.1. The highest BCUT2D eigenvalue weighted by molar-refractivity contribution is 14.0. The van der Waals surface area contributed by atoms with Crippen molar-refractivity contribution in [3.05, 3.63) is 66.5 Å². The van der Waals surface area contributed by atoms with E-state index in [4.69, 9.17) is 9.73 Å². The second-order valence-corrected chi connectivity index (χ2v) is 7.58. The number of para-hydroxylation sites is 2. The molecule has 8 nitrogen and oxygen atoms in total. The van der Waals surface area contributed by atoms with Crippen molar-refractivity contribution in [1.82, 2.24) is 20.0 Å². The molecule has 1 saturated heterocycles. The second kappa shape index (κ2) is 11.8. The van der Waals surface area contributed by atoms with Crippen molar-refractivity contribution in [2.24, 2.45) is 4.99 Å². The van der Waals surface area contributed by atoms with E-state index in [2.05, 4.69) is 27.1 Å². The van der Waals surface area contributed by atoms with Crippen molar-refractivity contribution in [3.63, 3.8) is 0 Å². The van der Waals surface area contributed by atoms with Crippen LogP contribution >= 0.6 is 24.0 Å². The Kier molecular flexibility index (Phi) is 8.81. The van der Waals surface area contributed by atoms with E-state index in [0.717, 1.165) is 61.5 Å². The predicted molar refractivity (Wildman–Crippen MR) is 142 cm³/mol. The van der Waals surface area contributed by atoms with Crippen LogP contribution in [0.1, 0.15) is 12.6 Å². The number of aromatic nitrogens is 2. The van der Waals surface area contributed by atoms with Gasteiger partial charge in [0.15, 0.2) is 5.96 Å². The van der Waals surface area contributed by atoms with E-state index in [-0.39, 0.29) is 24.0 Å². The molecule has 2 aromatic carbocycles. The van der Waals surface area contributed by atoms with Gasteiger partial charge in [-0.1, -0.05) is 12.1 Å². The minimum atomic E-state index is 0. The highest BCUT2D eigenvalue weighted by atomic mass is 127. The number of halogens is 1. The molecule has 1 aliphatic heterocycles. The Balaban J connectivity index is 0.00000306. The van der Waals surface area contributed by atoms with Crippen LogP contribution in [0, 0.1) is 0 Å². The lowest BCUT2D eigenvalue weighted by Crippen LogP contribution is -2.52. The maximum Gasteiger partial charge on any atom is 0.194 e. The van der Waals surface area contributed by atoms with Crippen LogP contribution in [0.4, 0.5) is 5.69 Å². The fourth-order valence-electron chi connectivity index (χ4n) is 3.80. The second-order valence-electron chi connectivity index (χ2n) is 7.58. The molecular formula is C24H31IN6O2. The van der Waals surface area contributed by atoms with Crippen molar-refractivity contribution in [3.8, 4) is 17.2 Å². The Morgan fingerprint density at radius 2 is 1.79 bits per heavy atom. The van der Waals surface area contributed by atoms with Crippen molar-refractivity contribution in [2.75, 3.05) is 44.7 Å². The lowest BCUT2D eigenvalue weighted by Gasteiger charge is -2.37. The molecule has 33 heavy (non-hydrogen) atoms. The van der Waals surface area contributed by atoms with E-state index in [1.807, 2.05) is 59.4 Å². The molecule has 0 radical (unpaired) electrons. The minimum absolute atomic E-state index is 0. The number of aliphatic imine (C=N–C) groups is 1. The fourth-order valence-corrected chi connectivity index (χ4v) is 3.80. The number of phenolic OH excluding ortho intramolecular Hbond substituents is 1. The van der Waals surface area contributed by atoms with Crippen molar-refractivity contribution < 1.29 is 9.84 Å². The highest BCUT2D eigenvalue weighted by Gasteiger charge is 2.21. The van der Waals surface area contributed by atoms with Gasteiger partial charge in [0.25, 0.3) is 0 Å². The zero-order chi connectivity index (χ0) is 22.3. The summed E-state index contributed by atoms with van der Waals surface area (Å²) in [5.74, 6) is 2.04. The SMILES string of the molecule is CCNC(=NCc1ccn(-c2ccc(OC)cc2)n1)N1CCN(c2ccccc2O)CC1.I. The standard InChI is InChI=1S/C24H30N6O2.HI/c1-3-25-24(29-16-14-28(15-17-29)22-6-4-5-7-23(22)31)26-18-19-12-13-30(27-19)20-8-10-21(32-2)11-9-20;/h4-13,31H,3,14-18H2,1-2H3,(H,25,26);1H. The number of hydrogen-bond donors (Lipinski definition) is 2. The summed E-state index contributed by atoms with van der Waals surface area (Å²) in [4.78, 5) is 9.30. The van der Waals surface area contributed by atoms with E-state index in [1.54, 1.807) is 13.2 Å². The lowest BCUT2D eigenvalue weighted by atomic mass is 10.2. The summed E-state index contributed by atoms with van der Waals surface area (Å²) in [6.45, 7) is 6.71. The van der Waals surface area contributed by atoms with Gasteiger partial charge < -0.3 is 25.0 Å². The van der Waals surface area contributed by atoms with Gasteiger partial charge in [0.05, 0.1) is 30.7 Å². The number of nitrogens with zero attached hydrogens (tertiary/aromatic N) is 5. The van der Waals surface area contributed by atoms with Crippen LogP contribution in [0.5, 0.6) is 11.5 Å². The molecule has 0 atom stereocenters. The summed E-state index contributed by atoms with van der Waals surface area (Å²) in [5, 5.41) is 18.2. The third-order valence-corrected chi connectivity index (χ3v) is 5.51. The third-order valence-electron chi connectivity index (χ3n) is 5.51. The molecule has 1 fully saturated rings. The molecule has 9 heteroatoms. The average Bonchev–Trinajstić information content (AvgIpc) is 3.31. The molecule has 3 aromatic rings. The number of rotatable bonds is 6. The monoisotopic (exact) mass is 562 g/mol.